The largest absolute Gasteiger partial charge is 0.365 e. The van der Waals surface area contributed by atoms with Crippen molar-refractivity contribution in [3.05, 3.63) is 66.0 Å². The number of nitrogens with zero attached hydrogens (tertiary/aromatic N) is 2. The molecule has 0 amide bonds. The predicted octanol–water partition coefficient (Wildman–Crippen LogP) is 3.80. The average Bonchev–Trinajstić information content (AvgIpc) is 2.53. The van der Waals surface area contributed by atoms with E-state index in [-0.39, 0.29) is 0 Å². The van der Waals surface area contributed by atoms with Crippen molar-refractivity contribution >= 4 is 16.7 Å². The molecular weight excluding hydrogens is 246 g/mol. The molecule has 1 heterocycles. The van der Waals surface area contributed by atoms with Gasteiger partial charge in [0, 0.05) is 11.9 Å². The Hall–Kier alpha value is -2.42. The molecule has 3 heteroatoms. The van der Waals surface area contributed by atoms with Crippen molar-refractivity contribution < 1.29 is 0 Å². The van der Waals surface area contributed by atoms with Gasteiger partial charge >= 0.3 is 0 Å². The number of aryl methyl sites for hydroxylation is 1. The lowest BCUT2D eigenvalue weighted by molar-refractivity contribution is 1.10. The lowest BCUT2D eigenvalue weighted by Crippen LogP contribution is -2.02. The summed E-state index contributed by atoms with van der Waals surface area (Å²) < 4.78 is 0. The molecule has 0 spiro atoms. The Labute approximate surface area is 118 Å². The Morgan fingerprint density at radius 1 is 0.950 bits per heavy atom. The standard InChI is InChI=1S/C17H17N3/c1-2-13-8-9-16-15(10-13)17(20-12-19-16)18-11-14-6-4-3-5-7-14/h3-10,12H,2,11H2,1H3,(H,18,19,20). The van der Waals surface area contributed by atoms with Gasteiger partial charge in [0.05, 0.1) is 5.52 Å². The molecule has 0 radical (unpaired) electrons. The summed E-state index contributed by atoms with van der Waals surface area (Å²) in [6.07, 6.45) is 2.63. The van der Waals surface area contributed by atoms with Crippen LogP contribution >= 0.6 is 0 Å². The number of fused-ring (bicyclic) bond motifs is 1. The Kier molecular flexibility index (Phi) is 3.59. The number of hydrogen-bond donors (Lipinski definition) is 1. The van der Waals surface area contributed by atoms with Gasteiger partial charge in [-0.3, -0.25) is 0 Å². The highest BCUT2D eigenvalue weighted by Gasteiger charge is 2.04. The van der Waals surface area contributed by atoms with Crippen molar-refractivity contribution in [1.82, 2.24) is 9.97 Å². The van der Waals surface area contributed by atoms with E-state index in [0.717, 1.165) is 29.7 Å². The Morgan fingerprint density at radius 3 is 2.60 bits per heavy atom. The first-order valence-corrected chi connectivity index (χ1v) is 6.88. The van der Waals surface area contributed by atoms with Gasteiger partial charge in [-0.2, -0.15) is 0 Å². The molecular formula is C17H17N3. The summed E-state index contributed by atoms with van der Waals surface area (Å²) in [5.74, 6) is 0.897. The zero-order valence-corrected chi connectivity index (χ0v) is 11.5. The zero-order valence-electron chi connectivity index (χ0n) is 11.5. The minimum absolute atomic E-state index is 0.767. The van der Waals surface area contributed by atoms with Gasteiger partial charge in [-0.25, -0.2) is 9.97 Å². The normalized spacial score (nSPS) is 10.7. The van der Waals surface area contributed by atoms with Crippen LogP contribution in [-0.4, -0.2) is 9.97 Å². The zero-order chi connectivity index (χ0) is 13.8. The van der Waals surface area contributed by atoms with E-state index in [2.05, 4.69) is 52.5 Å². The molecule has 3 aromatic rings. The van der Waals surface area contributed by atoms with E-state index >= 15 is 0 Å². The van der Waals surface area contributed by atoms with Crippen molar-refractivity contribution in [1.29, 1.82) is 0 Å². The molecule has 1 N–H and O–H groups in total. The molecule has 0 atom stereocenters. The average molecular weight is 263 g/mol. The molecule has 2 aromatic carbocycles. The van der Waals surface area contributed by atoms with Gasteiger partial charge in [0.25, 0.3) is 0 Å². The maximum Gasteiger partial charge on any atom is 0.137 e. The van der Waals surface area contributed by atoms with Crippen LogP contribution in [0.5, 0.6) is 0 Å². The Balaban J connectivity index is 1.90. The fourth-order valence-corrected chi connectivity index (χ4v) is 2.25. The number of anilines is 1. The van der Waals surface area contributed by atoms with Crippen molar-refractivity contribution in [2.75, 3.05) is 5.32 Å². The third-order valence-electron chi connectivity index (χ3n) is 3.41. The summed E-state index contributed by atoms with van der Waals surface area (Å²) in [4.78, 5) is 8.70. The van der Waals surface area contributed by atoms with E-state index in [1.165, 1.54) is 11.1 Å². The maximum absolute atomic E-state index is 4.38. The van der Waals surface area contributed by atoms with E-state index in [9.17, 15) is 0 Å². The van der Waals surface area contributed by atoms with Crippen LogP contribution in [-0.2, 0) is 13.0 Å². The summed E-state index contributed by atoms with van der Waals surface area (Å²) >= 11 is 0. The summed E-state index contributed by atoms with van der Waals surface area (Å²) in [5.41, 5.74) is 3.52. The number of benzene rings is 2. The van der Waals surface area contributed by atoms with Crippen molar-refractivity contribution in [3.8, 4) is 0 Å². The minimum Gasteiger partial charge on any atom is -0.365 e. The lowest BCUT2D eigenvalue weighted by Gasteiger charge is -2.09. The highest BCUT2D eigenvalue weighted by Crippen LogP contribution is 2.21. The van der Waals surface area contributed by atoms with Crippen molar-refractivity contribution in [2.24, 2.45) is 0 Å². The Bertz CT molecular complexity index is 708. The second kappa shape index (κ2) is 5.70. The van der Waals surface area contributed by atoms with E-state index in [4.69, 9.17) is 0 Å². The molecule has 0 unspecified atom stereocenters. The van der Waals surface area contributed by atoms with Crippen molar-refractivity contribution in [3.63, 3.8) is 0 Å². The van der Waals surface area contributed by atoms with Crippen LogP contribution in [0.1, 0.15) is 18.1 Å². The van der Waals surface area contributed by atoms with Crippen LogP contribution in [0.2, 0.25) is 0 Å². The second-order valence-corrected chi connectivity index (χ2v) is 4.77. The van der Waals surface area contributed by atoms with Crippen LogP contribution in [0.3, 0.4) is 0 Å². The topological polar surface area (TPSA) is 37.8 Å². The third-order valence-corrected chi connectivity index (χ3v) is 3.41. The van der Waals surface area contributed by atoms with Crippen LogP contribution in [0.15, 0.2) is 54.9 Å². The summed E-state index contributed by atoms with van der Waals surface area (Å²) in [7, 11) is 0. The number of rotatable bonds is 4. The van der Waals surface area contributed by atoms with Gasteiger partial charge < -0.3 is 5.32 Å². The highest BCUT2D eigenvalue weighted by atomic mass is 15.0. The lowest BCUT2D eigenvalue weighted by atomic mass is 10.1. The van der Waals surface area contributed by atoms with Gasteiger partial charge in [-0.15, -0.1) is 0 Å². The number of nitrogens with one attached hydrogen (secondary N) is 1. The van der Waals surface area contributed by atoms with E-state index in [1.54, 1.807) is 6.33 Å². The molecule has 3 rings (SSSR count). The molecule has 0 fully saturated rings. The van der Waals surface area contributed by atoms with Crippen molar-refractivity contribution in [2.45, 2.75) is 19.9 Å². The van der Waals surface area contributed by atoms with Crippen LogP contribution in [0.25, 0.3) is 10.9 Å². The number of hydrogen-bond acceptors (Lipinski definition) is 3. The van der Waals surface area contributed by atoms with Crippen LogP contribution in [0.4, 0.5) is 5.82 Å². The third kappa shape index (κ3) is 2.62. The molecule has 0 saturated carbocycles. The predicted molar refractivity (Wildman–Crippen MR) is 82.7 cm³/mol. The first-order chi connectivity index (χ1) is 9.86. The second-order valence-electron chi connectivity index (χ2n) is 4.77. The van der Waals surface area contributed by atoms with E-state index in [0.29, 0.717) is 0 Å². The van der Waals surface area contributed by atoms with Gasteiger partial charge in [0.2, 0.25) is 0 Å². The molecule has 100 valence electrons. The van der Waals surface area contributed by atoms with Crippen LogP contribution < -0.4 is 5.32 Å². The maximum atomic E-state index is 4.38. The summed E-state index contributed by atoms with van der Waals surface area (Å²) in [6, 6.07) is 16.7. The Morgan fingerprint density at radius 2 is 1.80 bits per heavy atom. The van der Waals surface area contributed by atoms with E-state index in [1.807, 2.05) is 18.2 Å². The molecule has 0 bridgehead atoms. The quantitative estimate of drug-likeness (QED) is 0.778. The van der Waals surface area contributed by atoms with Gasteiger partial charge in [0.15, 0.2) is 0 Å². The molecule has 0 aliphatic rings. The van der Waals surface area contributed by atoms with Gasteiger partial charge in [0.1, 0.15) is 12.1 Å². The molecule has 3 nitrogen and oxygen atoms in total. The fourth-order valence-electron chi connectivity index (χ4n) is 2.25. The first kappa shape index (κ1) is 12.6. The minimum atomic E-state index is 0.767. The monoisotopic (exact) mass is 263 g/mol. The highest BCUT2D eigenvalue weighted by molar-refractivity contribution is 5.89. The van der Waals surface area contributed by atoms with E-state index < -0.39 is 0 Å². The summed E-state index contributed by atoms with van der Waals surface area (Å²) in [6.45, 7) is 2.92. The molecule has 0 aliphatic carbocycles. The van der Waals surface area contributed by atoms with Gasteiger partial charge in [-0.05, 0) is 29.7 Å². The van der Waals surface area contributed by atoms with Gasteiger partial charge in [-0.1, -0.05) is 43.3 Å². The molecule has 1 aromatic heterocycles. The summed E-state index contributed by atoms with van der Waals surface area (Å²) in [5, 5.41) is 4.49. The smallest absolute Gasteiger partial charge is 0.137 e. The first-order valence-electron chi connectivity index (χ1n) is 6.88. The van der Waals surface area contributed by atoms with Crippen LogP contribution in [0, 0.1) is 0 Å². The number of aromatic nitrogens is 2. The SMILES string of the molecule is CCc1ccc2ncnc(NCc3ccccc3)c2c1. The fraction of sp³-hybridized carbons (Fsp3) is 0.176. The molecule has 0 aliphatic heterocycles. The molecule has 20 heavy (non-hydrogen) atoms. The molecule has 0 saturated heterocycles.